The molecule has 2 N–H and O–H groups in total. The van der Waals surface area contributed by atoms with Crippen molar-refractivity contribution < 1.29 is 9.84 Å². The van der Waals surface area contributed by atoms with Crippen molar-refractivity contribution in [3.63, 3.8) is 0 Å². The Morgan fingerprint density at radius 3 is 2.46 bits per heavy atom. The third kappa shape index (κ3) is 6.08. The van der Waals surface area contributed by atoms with E-state index in [-0.39, 0.29) is 0 Å². The number of aliphatic hydroxyl groups excluding tert-OH is 1. The molecule has 1 aromatic carbocycles. The molecule has 0 aliphatic carbocycles. The van der Waals surface area contributed by atoms with Gasteiger partial charge >= 0.3 is 0 Å². The van der Waals surface area contributed by atoms with Gasteiger partial charge in [-0.25, -0.2) is 0 Å². The van der Waals surface area contributed by atoms with E-state index < -0.39 is 6.10 Å². The Labute approximate surface area is 147 Å². The zero-order valence-electron chi connectivity index (χ0n) is 15.6. The molecule has 1 aromatic rings. The summed E-state index contributed by atoms with van der Waals surface area (Å²) in [7, 11) is 0. The Morgan fingerprint density at radius 2 is 1.88 bits per heavy atom. The molecule has 0 bridgehead atoms. The van der Waals surface area contributed by atoms with Crippen molar-refractivity contribution >= 4 is 0 Å². The standard InChI is InChI=1S/C20H33N2O2/c1-15(2)13-22-10-8-18(9-11-22)21-12-19(23)14-24-20-16(3)6-5-7-17(20)4/h6-7,15,18-19,21,23H,8-14H2,1-4H3. The summed E-state index contributed by atoms with van der Waals surface area (Å²) in [5.74, 6) is 1.60. The number of nitrogens with one attached hydrogen (secondary N) is 1. The van der Waals surface area contributed by atoms with Crippen LogP contribution in [0.25, 0.3) is 0 Å². The smallest absolute Gasteiger partial charge is 0.125 e. The number of aryl methyl sites for hydroxylation is 2. The first kappa shape index (κ1) is 19.2. The average Bonchev–Trinajstić information content (AvgIpc) is 2.53. The van der Waals surface area contributed by atoms with Crippen molar-refractivity contribution in [1.29, 1.82) is 0 Å². The predicted octanol–water partition coefficient (Wildman–Crippen LogP) is 2.55. The molecule has 135 valence electrons. The second kappa shape index (κ2) is 9.40. The highest BCUT2D eigenvalue weighted by Crippen LogP contribution is 2.22. The minimum atomic E-state index is -0.485. The molecule has 1 saturated heterocycles. The number of hydrogen-bond donors (Lipinski definition) is 2. The summed E-state index contributed by atoms with van der Waals surface area (Å²) in [6, 6.07) is 7.42. The second-order valence-electron chi connectivity index (χ2n) is 7.49. The van der Waals surface area contributed by atoms with Crippen molar-refractivity contribution in [1.82, 2.24) is 10.2 Å². The van der Waals surface area contributed by atoms with E-state index in [2.05, 4.69) is 30.1 Å². The number of likely N-dealkylation sites (tertiary alicyclic amines) is 1. The molecule has 4 heteroatoms. The molecular formula is C20H33N2O2. The average molecular weight is 333 g/mol. The van der Waals surface area contributed by atoms with Gasteiger partial charge in [0.05, 0.1) is 0 Å². The van der Waals surface area contributed by atoms with Crippen LogP contribution in [0.1, 0.15) is 37.8 Å². The van der Waals surface area contributed by atoms with E-state index in [4.69, 9.17) is 4.74 Å². The zero-order chi connectivity index (χ0) is 17.5. The van der Waals surface area contributed by atoms with Crippen LogP contribution < -0.4 is 10.1 Å². The molecule has 2 rings (SSSR count). The van der Waals surface area contributed by atoms with Crippen LogP contribution in [0, 0.1) is 25.8 Å². The molecule has 1 heterocycles. The minimum absolute atomic E-state index is 0.324. The van der Waals surface area contributed by atoms with Crippen LogP contribution in [0.4, 0.5) is 0 Å². The molecule has 4 nitrogen and oxygen atoms in total. The van der Waals surface area contributed by atoms with Gasteiger partial charge in [-0.15, -0.1) is 0 Å². The topological polar surface area (TPSA) is 44.7 Å². The van der Waals surface area contributed by atoms with Gasteiger partial charge in [0.2, 0.25) is 0 Å². The number of ether oxygens (including phenoxy) is 1. The van der Waals surface area contributed by atoms with Gasteiger partial charge in [0.1, 0.15) is 18.5 Å². The highest BCUT2D eigenvalue weighted by molar-refractivity contribution is 5.39. The SMILES string of the molecule is Cc1c[c]cc(C)c1OCC(O)CNC1CCN(CC(C)C)CC1. The van der Waals surface area contributed by atoms with Crippen molar-refractivity contribution in [2.24, 2.45) is 5.92 Å². The van der Waals surface area contributed by atoms with Crippen LogP contribution in [-0.4, -0.2) is 54.9 Å². The van der Waals surface area contributed by atoms with Gasteiger partial charge in [-0.1, -0.05) is 13.8 Å². The minimum Gasteiger partial charge on any atom is -0.490 e. The molecular weight excluding hydrogens is 300 g/mol. The molecule has 1 atom stereocenters. The molecule has 1 fully saturated rings. The lowest BCUT2D eigenvalue weighted by molar-refractivity contribution is 0.0970. The van der Waals surface area contributed by atoms with E-state index in [1.165, 1.54) is 6.54 Å². The van der Waals surface area contributed by atoms with Crippen LogP contribution in [0.5, 0.6) is 5.75 Å². The third-order valence-electron chi connectivity index (χ3n) is 4.59. The molecule has 1 radical (unpaired) electrons. The molecule has 1 aliphatic rings. The van der Waals surface area contributed by atoms with E-state index in [0.717, 1.165) is 48.7 Å². The normalized spacial score (nSPS) is 18.1. The van der Waals surface area contributed by atoms with Crippen LogP contribution in [-0.2, 0) is 0 Å². The van der Waals surface area contributed by atoms with Gasteiger partial charge in [0.25, 0.3) is 0 Å². The Balaban J connectivity index is 1.66. The Morgan fingerprint density at radius 1 is 1.25 bits per heavy atom. The number of hydrogen-bond acceptors (Lipinski definition) is 4. The van der Waals surface area contributed by atoms with E-state index in [9.17, 15) is 5.11 Å². The molecule has 1 aliphatic heterocycles. The van der Waals surface area contributed by atoms with Gasteiger partial charge in [-0.05, 0) is 75.0 Å². The van der Waals surface area contributed by atoms with Gasteiger partial charge in [0, 0.05) is 19.1 Å². The van der Waals surface area contributed by atoms with E-state index in [0.29, 0.717) is 19.2 Å². The molecule has 0 spiro atoms. The Kier molecular flexibility index (Phi) is 7.53. The first-order chi connectivity index (χ1) is 11.5. The monoisotopic (exact) mass is 333 g/mol. The maximum atomic E-state index is 10.2. The highest BCUT2D eigenvalue weighted by Gasteiger charge is 2.20. The molecule has 0 saturated carbocycles. The summed E-state index contributed by atoms with van der Waals surface area (Å²) in [6.07, 6.45) is 1.83. The largest absolute Gasteiger partial charge is 0.490 e. The lowest BCUT2D eigenvalue weighted by Gasteiger charge is -2.33. The fraction of sp³-hybridized carbons (Fsp3) is 0.700. The summed E-state index contributed by atoms with van der Waals surface area (Å²) in [5, 5.41) is 13.7. The van der Waals surface area contributed by atoms with Gasteiger partial charge in [-0.2, -0.15) is 0 Å². The zero-order valence-corrected chi connectivity index (χ0v) is 15.6. The first-order valence-corrected chi connectivity index (χ1v) is 9.19. The van der Waals surface area contributed by atoms with Gasteiger partial charge < -0.3 is 20.1 Å². The van der Waals surface area contributed by atoms with Crippen molar-refractivity contribution in [2.45, 2.75) is 52.7 Å². The van der Waals surface area contributed by atoms with E-state index >= 15 is 0 Å². The van der Waals surface area contributed by atoms with Crippen LogP contribution in [0.15, 0.2) is 12.1 Å². The molecule has 24 heavy (non-hydrogen) atoms. The Bertz CT molecular complexity index is 476. The number of piperidine rings is 1. The predicted molar refractivity (Wildman–Crippen MR) is 98.6 cm³/mol. The first-order valence-electron chi connectivity index (χ1n) is 9.19. The summed E-state index contributed by atoms with van der Waals surface area (Å²) in [4.78, 5) is 2.54. The van der Waals surface area contributed by atoms with Crippen molar-refractivity contribution in [3.8, 4) is 5.75 Å². The lowest BCUT2D eigenvalue weighted by Crippen LogP contribution is -2.46. The summed E-state index contributed by atoms with van der Waals surface area (Å²) in [6.45, 7) is 13.0. The molecule has 0 aromatic heterocycles. The summed E-state index contributed by atoms with van der Waals surface area (Å²) >= 11 is 0. The highest BCUT2D eigenvalue weighted by atomic mass is 16.5. The van der Waals surface area contributed by atoms with Crippen molar-refractivity contribution in [2.75, 3.05) is 32.8 Å². The third-order valence-corrected chi connectivity index (χ3v) is 4.59. The van der Waals surface area contributed by atoms with Crippen LogP contribution in [0.2, 0.25) is 0 Å². The van der Waals surface area contributed by atoms with Crippen LogP contribution in [0.3, 0.4) is 0 Å². The van der Waals surface area contributed by atoms with Crippen LogP contribution >= 0.6 is 0 Å². The number of rotatable bonds is 8. The maximum absolute atomic E-state index is 10.2. The summed E-state index contributed by atoms with van der Waals surface area (Å²) < 4.78 is 5.81. The quantitative estimate of drug-likeness (QED) is 0.767. The Hall–Kier alpha value is -1.10. The van der Waals surface area contributed by atoms with Gasteiger partial charge in [0.15, 0.2) is 0 Å². The fourth-order valence-corrected chi connectivity index (χ4v) is 3.34. The van der Waals surface area contributed by atoms with E-state index in [1.54, 1.807) is 0 Å². The van der Waals surface area contributed by atoms with Gasteiger partial charge in [-0.3, -0.25) is 0 Å². The maximum Gasteiger partial charge on any atom is 0.125 e. The molecule has 0 amide bonds. The fourth-order valence-electron chi connectivity index (χ4n) is 3.34. The number of benzene rings is 1. The number of aliphatic hydroxyl groups is 1. The molecule has 1 unspecified atom stereocenters. The second-order valence-corrected chi connectivity index (χ2v) is 7.49. The number of nitrogens with zero attached hydrogens (tertiary/aromatic N) is 1. The summed E-state index contributed by atoms with van der Waals surface area (Å²) in [5.41, 5.74) is 2.13. The van der Waals surface area contributed by atoms with Crippen molar-refractivity contribution in [3.05, 3.63) is 29.3 Å². The lowest BCUT2D eigenvalue weighted by atomic mass is 10.0. The van der Waals surface area contributed by atoms with E-state index in [1.807, 2.05) is 26.0 Å².